The molecule has 0 spiro atoms. The molecule has 0 unspecified atom stereocenters. The molecular formula is C11H9BrF2N2O. The van der Waals surface area contributed by atoms with Crippen molar-refractivity contribution >= 4 is 32.6 Å². The highest BCUT2D eigenvalue weighted by Crippen LogP contribution is 2.17. The summed E-state index contributed by atoms with van der Waals surface area (Å²) in [4.78, 5) is 11.5. The van der Waals surface area contributed by atoms with Gasteiger partial charge in [0.25, 0.3) is 6.43 Å². The smallest absolute Gasteiger partial charge is 0.257 e. The van der Waals surface area contributed by atoms with Gasteiger partial charge in [-0.15, -0.1) is 0 Å². The third-order valence-electron chi connectivity index (χ3n) is 2.40. The van der Waals surface area contributed by atoms with Gasteiger partial charge in [-0.1, -0.05) is 28.1 Å². The van der Waals surface area contributed by atoms with Crippen molar-refractivity contribution < 1.29 is 13.6 Å². The quantitative estimate of drug-likeness (QED) is 0.643. The lowest BCUT2D eigenvalue weighted by atomic mass is 10.1. The van der Waals surface area contributed by atoms with Crippen LogP contribution in [0.2, 0.25) is 0 Å². The molecule has 1 aromatic heterocycles. The van der Waals surface area contributed by atoms with Crippen LogP contribution in [-0.4, -0.2) is 27.3 Å². The average Bonchev–Trinajstić information content (AvgIpc) is 2.70. The molecule has 0 amide bonds. The van der Waals surface area contributed by atoms with Crippen LogP contribution >= 0.6 is 15.9 Å². The molecule has 1 heterocycles. The van der Waals surface area contributed by atoms with E-state index in [1.807, 2.05) is 0 Å². The molecule has 6 heteroatoms. The van der Waals surface area contributed by atoms with Crippen LogP contribution in [0.5, 0.6) is 0 Å². The predicted octanol–water partition coefficient (Wildman–Crippen LogP) is 2.88. The van der Waals surface area contributed by atoms with Crippen LogP contribution in [0.25, 0.3) is 10.9 Å². The maximum atomic E-state index is 12.3. The number of Topliss-reactive ketones (excluding diaryl/α,β-unsaturated/α-hetero) is 1. The van der Waals surface area contributed by atoms with Crippen LogP contribution in [0.15, 0.2) is 24.4 Å². The van der Waals surface area contributed by atoms with Crippen LogP contribution in [0, 0.1) is 0 Å². The second kappa shape index (κ2) is 4.91. The minimum absolute atomic E-state index is 0.0864. The third-order valence-corrected chi connectivity index (χ3v) is 2.91. The fourth-order valence-corrected chi connectivity index (χ4v) is 1.92. The van der Waals surface area contributed by atoms with E-state index in [1.165, 1.54) is 10.9 Å². The third kappa shape index (κ3) is 2.52. The lowest BCUT2D eigenvalue weighted by Gasteiger charge is -2.03. The monoisotopic (exact) mass is 302 g/mol. The summed E-state index contributed by atoms with van der Waals surface area (Å²) in [6, 6.07) is 4.97. The van der Waals surface area contributed by atoms with Crippen molar-refractivity contribution in [1.29, 1.82) is 0 Å². The van der Waals surface area contributed by atoms with Gasteiger partial charge in [-0.2, -0.15) is 5.10 Å². The number of hydrogen-bond donors (Lipinski definition) is 0. The number of benzene rings is 1. The van der Waals surface area contributed by atoms with Gasteiger partial charge in [-0.3, -0.25) is 9.48 Å². The van der Waals surface area contributed by atoms with Gasteiger partial charge in [0.15, 0.2) is 5.78 Å². The molecule has 1 aromatic carbocycles. The Balaban J connectivity index is 2.46. The van der Waals surface area contributed by atoms with Crippen molar-refractivity contribution in [3.8, 4) is 0 Å². The van der Waals surface area contributed by atoms with E-state index in [0.29, 0.717) is 11.1 Å². The number of rotatable bonds is 4. The zero-order chi connectivity index (χ0) is 12.4. The Bertz CT molecular complexity index is 553. The highest BCUT2D eigenvalue weighted by atomic mass is 79.9. The molecule has 0 aliphatic rings. The lowest BCUT2D eigenvalue weighted by molar-refractivity contribution is 0.102. The Labute approximate surface area is 105 Å². The van der Waals surface area contributed by atoms with Crippen LogP contribution in [0.4, 0.5) is 8.78 Å². The van der Waals surface area contributed by atoms with E-state index in [1.54, 1.807) is 18.2 Å². The number of carbonyl (C=O) groups excluding carboxylic acids is 1. The lowest BCUT2D eigenvalue weighted by Crippen LogP contribution is -2.08. The van der Waals surface area contributed by atoms with Crippen molar-refractivity contribution in [2.45, 2.75) is 13.0 Å². The standard InChI is InChI=1S/C11H9BrF2N2O/c12-4-10(17)7-1-2-8-5-15-16(6-11(13)14)9(8)3-7/h1-3,5,11H,4,6H2. The Morgan fingerprint density at radius 2 is 2.24 bits per heavy atom. The first-order valence-electron chi connectivity index (χ1n) is 4.94. The number of halogens is 3. The molecule has 0 aliphatic carbocycles. The molecule has 0 bridgehead atoms. The van der Waals surface area contributed by atoms with Crippen molar-refractivity contribution in [3.05, 3.63) is 30.0 Å². The van der Waals surface area contributed by atoms with Crippen LogP contribution in [0.3, 0.4) is 0 Å². The van der Waals surface area contributed by atoms with Gasteiger partial charge in [0, 0.05) is 10.9 Å². The molecule has 90 valence electrons. The zero-order valence-corrected chi connectivity index (χ0v) is 10.3. The molecule has 0 radical (unpaired) electrons. The summed E-state index contributed by atoms with van der Waals surface area (Å²) in [7, 11) is 0. The van der Waals surface area contributed by atoms with Gasteiger partial charge in [-0.25, -0.2) is 8.78 Å². The Morgan fingerprint density at radius 3 is 2.88 bits per heavy atom. The second-order valence-electron chi connectivity index (χ2n) is 3.55. The summed E-state index contributed by atoms with van der Waals surface area (Å²) in [5.41, 5.74) is 1.04. The number of hydrogen-bond acceptors (Lipinski definition) is 2. The van der Waals surface area contributed by atoms with E-state index in [2.05, 4.69) is 21.0 Å². The number of carbonyl (C=O) groups is 1. The first-order chi connectivity index (χ1) is 8.11. The minimum Gasteiger partial charge on any atom is -0.293 e. The Kier molecular flexibility index (Phi) is 3.51. The number of fused-ring (bicyclic) bond motifs is 1. The SMILES string of the molecule is O=C(CBr)c1ccc2cnn(CC(F)F)c2c1. The number of ketones is 1. The van der Waals surface area contributed by atoms with Crippen LogP contribution < -0.4 is 0 Å². The van der Waals surface area contributed by atoms with E-state index in [4.69, 9.17) is 0 Å². The highest BCUT2D eigenvalue weighted by Gasteiger charge is 2.11. The summed E-state index contributed by atoms with van der Waals surface area (Å²) in [5.74, 6) is -0.0864. The summed E-state index contributed by atoms with van der Waals surface area (Å²) in [6.07, 6.45) is -0.950. The van der Waals surface area contributed by atoms with Gasteiger partial charge in [-0.05, 0) is 6.07 Å². The molecule has 0 aliphatic heterocycles. The van der Waals surface area contributed by atoms with E-state index < -0.39 is 13.0 Å². The Hall–Kier alpha value is -1.30. The molecule has 2 rings (SSSR count). The average molecular weight is 303 g/mol. The van der Waals surface area contributed by atoms with E-state index in [0.717, 1.165) is 5.39 Å². The molecular weight excluding hydrogens is 294 g/mol. The summed E-state index contributed by atoms with van der Waals surface area (Å²) in [5, 5.41) is 4.83. The first-order valence-corrected chi connectivity index (χ1v) is 6.07. The molecule has 0 N–H and O–H groups in total. The summed E-state index contributed by atoms with van der Waals surface area (Å²) in [6.45, 7) is -0.463. The number of alkyl halides is 3. The van der Waals surface area contributed by atoms with Crippen LogP contribution in [0.1, 0.15) is 10.4 Å². The molecule has 2 aromatic rings. The summed E-state index contributed by atoms with van der Waals surface area (Å²) >= 11 is 3.07. The van der Waals surface area contributed by atoms with Crippen molar-refractivity contribution in [3.63, 3.8) is 0 Å². The van der Waals surface area contributed by atoms with Crippen LogP contribution in [-0.2, 0) is 6.54 Å². The Morgan fingerprint density at radius 1 is 1.47 bits per heavy atom. The van der Waals surface area contributed by atoms with Gasteiger partial charge in [0.05, 0.1) is 17.0 Å². The fraction of sp³-hybridized carbons (Fsp3) is 0.273. The molecule has 0 atom stereocenters. The summed E-state index contributed by atoms with van der Waals surface area (Å²) < 4.78 is 25.8. The molecule has 17 heavy (non-hydrogen) atoms. The fourth-order valence-electron chi connectivity index (χ4n) is 1.60. The largest absolute Gasteiger partial charge is 0.293 e. The van der Waals surface area contributed by atoms with Gasteiger partial charge < -0.3 is 0 Å². The predicted molar refractivity (Wildman–Crippen MR) is 63.9 cm³/mol. The van der Waals surface area contributed by atoms with Crippen molar-refractivity contribution in [2.24, 2.45) is 0 Å². The van der Waals surface area contributed by atoms with E-state index >= 15 is 0 Å². The minimum atomic E-state index is -2.46. The van der Waals surface area contributed by atoms with E-state index in [-0.39, 0.29) is 11.1 Å². The van der Waals surface area contributed by atoms with Gasteiger partial charge in [0.2, 0.25) is 0 Å². The van der Waals surface area contributed by atoms with Gasteiger partial charge in [0.1, 0.15) is 6.54 Å². The van der Waals surface area contributed by atoms with Crippen molar-refractivity contribution in [1.82, 2.24) is 9.78 Å². The number of nitrogens with zero attached hydrogens (tertiary/aromatic N) is 2. The normalized spacial score (nSPS) is 11.3. The van der Waals surface area contributed by atoms with Crippen molar-refractivity contribution in [2.75, 3.05) is 5.33 Å². The molecule has 3 nitrogen and oxygen atoms in total. The van der Waals surface area contributed by atoms with E-state index in [9.17, 15) is 13.6 Å². The second-order valence-corrected chi connectivity index (χ2v) is 4.11. The first kappa shape index (κ1) is 12.2. The topological polar surface area (TPSA) is 34.9 Å². The maximum Gasteiger partial charge on any atom is 0.257 e. The molecule has 0 saturated carbocycles. The highest BCUT2D eigenvalue weighted by molar-refractivity contribution is 9.09. The maximum absolute atomic E-state index is 12.3. The molecule has 0 saturated heterocycles. The zero-order valence-electron chi connectivity index (χ0n) is 8.74. The van der Waals surface area contributed by atoms with Gasteiger partial charge >= 0.3 is 0 Å². The molecule has 0 fully saturated rings. The number of aromatic nitrogens is 2.